The van der Waals surface area contributed by atoms with Crippen LogP contribution in [0.4, 0.5) is 4.39 Å². The smallest absolute Gasteiger partial charge is 0.123 e. The number of piperazine rings is 1. The van der Waals surface area contributed by atoms with Gasteiger partial charge in [0.25, 0.3) is 0 Å². The maximum Gasteiger partial charge on any atom is 0.123 e. The Balaban J connectivity index is 1.87. The van der Waals surface area contributed by atoms with Crippen molar-refractivity contribution >= 4 is 0 Å². The number of β-amino-alcohol motifs (C(OH)–C–C–N with tert-alkyl or cyclic N) is 2. The van der Waals surface area contributed by atoms with Crippen molar-refractivity contribution in [1.29, 1.82) is 0 Å². The van der Waals surface area contributed by atoms with Crippen molar-refractivity contribution in [3.63, 3.8) is 0 Å². The van der Waals surface area contributed by atoms with E-state index in [4.69, 9.17) is 0 Å². The largest absolute Gasteiger partial charge is 0.392 e. The number of halogens is 1. The molecule has 0 aliphatic carbocycles. The monoisotopic (exact) mass is 296 g/mol. The average Bonchev–Trinajstić information content (AvgIpc) is 2.41. The van der Waals surface area contributed by atoms with Crippen molar-refractivity contribution in [1.82, 2.24) is 9.80 Å². The number of rotatable bonds is 5. The van der Waals surface area contributed by atoms with E-state index in [9.17, 15) is 14.6 Å². The number of nitrogens with zero attached hydrogens (tertiary/aromatic N) is 2. The molecule has 4 nitrogen and oxygen atoms in total. The molecule has 1 aliphatic rings. The van der Waals surface area contributed by atoms with Gasteiger partial charge in [-0.3, -0.25) is 9.80 Å². The van der Waals surface area contributed by atoms with Gasteiger partial charge in [0.2, 0.25) is 0 Å². The molecule has 0 amide bonds. The van der Waals surface area contributed by atoms with Gasteiger partial charge in [-0.15, -0.1) is 0 Å². The molecule has 1 fully saturated rings. The number of benzene rings is 1. The molecule has 0 saturated carbocycles. The van der Waals surface area contributed by atoms with Crippen LogP contribution < -0.4 is 0 Å². The van der Waals surface area contributed by atoms with Gasteiger partial charge in [-0.05, 0) is 31.5 Å². The summed E-state index contributed by atoms with van der Waals surface area (Å²) in [6.45, 7) is 7.69. The lowest BCUT2D eigenvalue weighted by molar-refractivity contribution is 0.0240. The molecule has 0 unspecified atom stereocenters. The van der Waals surface area contributed by atoms with Crippen LogP contribution in [-0.2, 0) is 0 Å². The molecule has 1 aliphatic heterocycles. The first-order valence-electron chi connectivity index (χ1n) is 7.53. The van der Waals surface area contributed by atoms with Crippen molar-refractivity contribution in [2.75, 3.05) is 32.7 Å². The van der Waals surface area contributed by atoms with Crippen molar-refractivity contribution in [2.24, 2.45) is 0 Å². The van der Waals surface area contributed by atoms with Crippen LogP contribution in [0.1, 0.15) is 25.5 Å². The summed E-state index contributed by atoms with van der Waals surface area (Å²) in [5.74, 6) is -0.318. The molecule has 2 N–H and O–H groups in total. The van der Waals surface area contributed by atoms with Gasteiger partial charge in [-0.25, -0.2) is 4.39 Å². The molecule has 1 aromatic rings. The highest BCUT2D eigenvalue weighted by Gasteiger charge is 2.25. The molecule has 0 spiro atoms. The quantitative estimate of drug-likeness (QED) is 0.858. The standard InChI is InChI=1S/C16H25FN2O2/c1-12-9-18(6-7-19(12)10-13(2)20)11-16(21)14-4-3-5-15(17)8-14/h3-5,8,12-13,16,20-21H,6-7,9-11H2,1-2H3/t12-,13+,16-/m1/s1. The number of hydrogen-bond donors (Lipinski definition) is 2. The lowest BCUT2D eigenvalue weighted by Gasteiger charge is -2.41. The Bertz CT molecular complexity index is 456. The molecule has 2 rings (SSSR count). The first-order valence-corrected chi connectivity index (χ1v) is 7.53. The average molecular weight is 296 g/mol. The Labute approximate surface area is 125 Å². The van der Waals surface area contributed by atoms with E-state index in [1.807, 2.05) is 0 Å². The van der Waals surface area contributed by atoms with E-state index < -0.39 is 6.10 Å². The third-order valence-corrected chi connectivity index (χ3v) is 4.01. The summed E-state index contributed by atoms with van der Waals surface area (Å²) in [5, 5.41) is 19.7. The lowest BCUT2D eigenvalue weighted by atomic mass is 10.1. The Kier molecular flexibility index (Phi) is 5.70. The molecule has 1 aromatic carbocycles. The summed E-state index contributed by atoms with van der Waals surface area (Å²) in [6, 6.07) is 6.48. The van der Waals surface area contributed by atoms with E-state index in [1.165, 1.54) is 12.1 Å². The van der Waals surface area contributed by atoms with E-state index in [1.54, 1.807) is 19.1 Å². The SMILES string of the molecule is C[C@H](O)CN1CCN(C[C@@H](O)c2cccc(F)c2)C[C@H]1C. The van der Waals surface area contributed by atoms with Crippen molar-refractivity contribution in [2.45, 2.75) is 32.1 Å². The fourth-order valence-electron chi connectivity index (χ4n) is 2.91. The van der Waals surface area contributed by atoms with E-state index in [2.05, 4.69) is 16.7 Å². The van der Waals surface area contributed by atoms with Crippen LogP contribution in [0.3, 0.4) is 0 Å². The van der Waals surface area contributed by atoms with Crippen LogP contribution in [-0.4, -0.2) is 64.9 Å². The molecule has 0 aromatic heterocycles. The summed E-state index contributed by atoms with van der Waals surface area (Å²) in [5.41, 5.74) is 0.620. The van der Waals surface area contributed by atoms with Crippen molar-refractivity contribution in [3.05, 3.63) is 35.6 Å². The van der Waals surface area contributed by atoms with Gasteiger partial charge in [-0.2, -0.15) is 0 Å². The fourth-order valence-corrected chi connectivity index (χ4v) is 2.91. The topological polar surface area (TPSA) is 46.9 Å². The Morgan fingerprint density at radius 2 is 2.05 bits per heavy atom. The fraction of sp³-hybridized carbons (Fsp3) is 0.625. The molecule has 0 bridgehead atoms. The van der Waals surface area contributed by atoms with E-state index in [-0.39, 0.29) is 11.9 Å². The second kappa shape index (κ2) is 7.31. The Morgan fingerprint density at radius 1 is 1.29 bits per heavy atom. The van der Waals surface area contributed by atoms with Gasteiger partial charge < -0.3 is 10.2 Å². The highest BCUT2D eigenvalue weighted by atomic mass is 19.1. The van der Waals surface area contributed by atoms with E-state index in [0.29, 0.717) is 24.7 Å². The van der Waals surface area contributed by atoms with Crippen LogP contribution in [0.15, 0.2) is 24.3 Å². The molecular formula is C16H25FN2O2. The maximum atomic E-state index is 13.2. The summed E-state index contributed by atoms with van der Waals surface area (Å²) < 4.78 is 13.2. The first kappa shape index (κ1) is 16.4. The summed E-state index contributed by atoms with van der Waals surface area (Å²) >= 11 is 0. The van der Waals surface area contributed by atoms with Crippen LogP contribution >= 0.6 is 0 Å². The van der Waals surface area contributed by atoms with Gasteiger partial charge in [0, 0.05) is 38.8 Å². The second-order valence-electron chi connectivity index (χ2n) is 6.02. The third kappa shape index (κ3) is 4.74. The van der Waals surface area contributed by atoms with E-state index >= 15 is 0 Å². The molecule has 0 radical (unpaired) electrons. The van der Waals surface area contributed by atoms with Gasteiger partial charge in [0.15, 0.2) is 0 Å². The number of hydrogen-bond acceptors (Lipinski definition) is 4. The van der Waals surface area contributed by atoms with E-state index in [0.717, 1.165) is 19.6 Å². The summed E-state index contributed by atoms with van der Waals surface area (Å²) in [6.07, 6.45) is -0.993. The molecule has 118 valence electrons. The van der Waals surface area contributed by atoms with Gasteiger partial charge in [0.1, 0.15) is 5.82 Å². The van der Waals surface area contributed by atoms with Crippen molar-refractivity contribution < 1.29 is 14.6 Å². The third-order valence-electron chi connectivity index (χ3n) is 4.01. The normalized spacial score (nSPS) is 24.0. The number of aliphatic hydroxyl groups excluding tert-OH is 2. The minimum Gasteiger partial charge on any atom is -0.392 e. The van der Waals surface area contributed by atoms with Gasteiger partial charge >= 0.3 is 0 Å². The minimum atomic E-state index is -0.670. The zero-order valence-electron chi connectivity index (χ0n) is 12.7. The molecule has 3 atom stereocenters. The number of aliphatic hydroxyl groups is 2. The van der Waals surface area contributed by atoms with Crippen LogP contribution in [0, 0.1) is 5.82 Å². The van der Waals surface area contributed by atoms with Gasteiger partial charge in [0.05, 0.1) is 12.2 Å². The van der Waals surface area contributed by atoms with Crippen LogP contribution in [0.5, 0.6) is 0 Å². The van der Waals surface area contributed by atoms with Crippen molar-refractivity contribution in [3.8, 4) is 0 Å². The maximum absolute atomic E-state index is 13.2. The zero-order chi connectivity index (χ0) is 15.4. The Morgan fingerprint density at radius 3 is 2.67 bits per heavy atom. The van der Waals surface area contributed by atoms with Gasteiger partial charge in [-0.1, -0.05) is 12.1 Å². The summed E-state index contributed by atoms with van der Waals surface area (Å²) in [4.78, 5) is 4.45. The highest BCUT2D eigenvalue weighted by Crippen LogP contribution is 2.18. The summed E-state index contributed by atoms with van der Waals surface area (Å²) in [7, 11) is 0. The predicted octanol–water partition coefficient (Wildman–Crippen LogP) is 1.25. The molecule has 21 heavy (non-hydrogen) atoms. The molecule has 1 saturated heterocycles. The lowest BCUT2D eigenvalue weighted by Crippen LogP contribution is -2.54. The predicted molar refractivity (Wildman–Crippen MR) is 80.5 cm³/mol. The first-order chi connectivity index (χ1) is 9.95. The van der Waals surface area contributed by atoms with Crippen LogP contribution in [0.25, 0.3) is 0 Å². The minimum absolute atomic E-state index is 0.318. The zero-order valence-corrected chi connectivity index (χ0v) is 12.7. The van der Waals surface area contributed by atoms with Crippen LogP contribution in [0.2, 0.25) is 0 Å². The highest BCUT2D eigenvalue weighted by molar-refractivity contribution is 5.19. The molecule has 1 heterocycles. The molecular weight excluding hydrogens is 271 g/mol. The molecule has 5 heteroatoms. The Hall–Kier alpha value is -1.01. The second-order valence-corrected chi connectivity index (χ2v) is 6.02.